The first-order valence-electron chi connectivity index (χ1n) is 6.28. The molecule has 0 saturated heterocycles. The van der Waals surface area contributed by atoms with Crippen LogP contribution >= 0.6 is 11.6 Å². The Kier molecular flexibility index (Phi) is 4.59. The smallest absolute Gasteiger partial charge is 0.287 e. The van der Waals surface area contributed by atoms with Gasteiger partial charge in [0.2, 0.25) is 0 Å². The zero-order valence-corrected chi connectivity index (χ0v) is 12.1. The predicted molar refractivity (Wildman–Crippen MR) is 80.9 cm³/mol. The Labute approximate surface area is 126 Å². The maximum atomic E-state index is 12.1. The van der Waals surface area contributed by atoms with E-state index in [2.05, 4.69) is 5.32 Å². The van der Waals surface area contributed by atoms with Crippen molar-refractivity contribution in [3.63, 3.8) is 0 Å². The first kappa shape index (κ1) is 15.1. The SMILES string of the molecule is Cn1cc([N+](=O)[O-])cc1C(=O)Nc1ccc(CCCl)cc1. The highest BCUT2D eigenvalue weighted by atomic mass is 35.5. The molecule has 0 spiro atoms. The molecule has 1 heterocycles. The number of hydrogen-bond donors (Lipinski definition) is 1. The second-order valence-corrected chi connectivity index (χ2v) is 4.92. The average Bonchev–Trinajstić information content (AvgIpc) is 2.84. The van der Waals surface area contributed by atoms with Gasteiger partial charge in [-0.1, -0.05) is 12.1 Å². The van der Waals surface area contributed by atoms with Gasteiger partial charge >= 0.3 is 0 Å². The van der Waals surface area contributed by atoms with Crippen LogP contribution in [0.25, 0.3) is 0 Å². The van der Waals surface area contributed by atoms with E-state index in [-0.39, 0.29) is 11.4 Å². The molecule has 0 aliphatic carbocycles. The van der Waals surface area contributed by atoms with Gasteiger partial charge in [-0.2, -0.15) is 0 Å². The number of carbonyl (C=O) groups excluding carboxylic acids is 1. The van der Waals surface area contributed by atoms with Crippen LogP contribution in [0.5, 0.6) is 0 Å². The monoisotopic (exact) mass is 307 g/mol. The summed E-state index contributed by atoms with van der Waals surface area (Å²) in [6.45, 7) is 0. The van der Waals surface area contributed by atoms with E-state index < -0.39 is 10.8 Å². The number of hydrogen-bond acceptors (Lipinski definition) is 3. The van der Waals surface area contributed by atoms with Gasteiger partial charge < -0.3 is 9.88 Å². The number of aryl methyl sites for hydroxylation is 2. The quantitative estimate of drug-likeness (QED) is 0.524. The van der Waals surface area contributed by atoms with Crippen molar-refractivity contribution in [2.45, 2.75) is 6.42 Å². The number of nitro groups is 1. The van der Waals surface area contributed by atoms with Crippen LogP contribution in [0.3, 0.4) is 0 Å². The molecule has 110 valence electrons. The van der Waals surface area contributed by atoms with E-state index in [4.69, 9.17) is 11.6 Å². The summed E-state index contributed by atoms with van der Waals surface area (Å²) in [5.41, 5.74) is 1.83. The van der Waals surface area contributed by atoms with Gasteiger partial charge in [0.25, 0.3) is 11.6 Å². The van der Waals surface area contributed by atoms with Gasteiger partial charge in [0, 0.05) is 24.7 Å². The van der Waals surface area contributed by atoms with Gasteiger partial charge in [-0.05, 0) is 24.1 Å². The third kappa shape index (κ3) is 3.61. The number of nitrogens with one attached hydrogen (secondary N) is 1. The van der Waals surface area contributed by atoms with Crippen LogP contribution in [0.2, 0.25) is 0 Å². The Bertz CT molecular complexity index is 665. The van der Waals surface area contributed by atoms with Crippen LogP contribution in [0.15, 0.2) is 36.5 Å². The third-order valence-corrected chi connectivity index (χ3v) is 3.22. The fourth-order valence-electron chi connectivity index (χ4n) is 1.93. The number of alkyl halides is 1. The first-order chi connectivity index (χ1) is 10.0. The highest BCUT2D eigenvalue weighted by molar-refractivity contribution is 6.18. The minimum Gasteiger partial charge on any atom is -0.340 e. The Morgan fingerprint density at radius 2 is 2.05 bits per heavy atom. The topological polar surface area (TPSA) is 77.2 Å². The molecule has 0 saturated carbocycles. The lowest BCUT2D eigenvalue weighted by molar-refractivity contribution is -0.384. The summed E-state index contributed by atoms with van der Waals surface area (Å²) in [7, 11) is 1.59. The Morgan fingerprint density at radius 3 is 2.57 bits per heavy atom. The van der Waals surface area contributed by atoms with Crippen molar-refractivity contribution in [3.8, 4) is 0 Å². The van der Waals surface area contributed by atoms with E-state index >= 15 is 0 Å². The molecule has 1 N–H and O–H groups in total. The summed E-state index contributed by atoms with van der Waals surface area (Å²) >= 11 is 5.66. The molecule has 6 nitrogen and oxygen atoms in total. The summed E-state index contributed by atoms with van der Waals surface area (Å²) in [5, 5.41) is 13.4. The number of rotatable bonds is 5. The zero-order chi connectivity index (χ0) is 15.4. The van der Waals surface area contributed by atoms with Crippen molar-refractivity contribution in [2.75, 3.05) is 11.2 Å². The van der Waals surface area contributed by atoms with Gasteiger partial charge in [0.15, 0.2) is 0 Å². The van der Waals surface area contributed by atoms with Crippen molar-refractivity contribution in [2.24, 2.45) is 7.05 Å². The molecule has 0 aliphatic heterocycles. The Balaban J connectivity index is 2.12. The predicted octanol–water partition coefficient (Wildman–Crippen LogP) is 2.97. The zero-order valence-electron chi connectivity index (χ0n) is 11.4. The number of aromatic nitrogens is 1. The van der Waals surface area contributed by atoms with Crippen LogP contribution < -0.4 is 5.32 Å². The molecule has 2 rings (SSSR count). The number of halogens is 1. The molecule has 2 aromatic rings. The van der Waals surface area contributed by atoms with Crippen LogP contribution in [-0.4, -0.2) is 21.3 Å². The molecule has 7 heteroatoms. The van der Waals surface area contributed by atoms with E-state index in [0.717, 1.165) is 12.0 Å². The van der Waals surface area contributed by atoms with Crippen LogP contribution in [0.1, 0.15) is 16.1 Å². The molecular formula is C14H14ClN3O3. The number of amides is 1. The Morgan fingerprint density at radius 1 is 1.38 bits per heavy atom. The van der Waals surface area contributed by atoms with E-state index in [1.54, 1.807) is 19.2 Å². The average molecular weight is 308 g/mol. The molecule has 0 unspecified atom stereocenters. The fourth-order valence-corrected chi connectivity index (χ4v) is 2.15. The van der Waals surface area contributed by atoms with Crippen molar-refractivity contribution in [3.05, 3.63) is 57.9 Å². The van der Waals surface area contributed by atoms with Gasteiger partial charge in [-0.25, -0.2) is 0 Å². The van der Waals surface area contributed by atoms with Crippen molar-refractivity contribution < 1.29 is 9.72 Å². The van der Waals surface area contributed by atoms with E-state index in [1.807, 2.05) is 12.1 Å². The normalized spacial score (nSPS) is 10.4. The van der Waals surface area contributed by atoms with E-state index in [0.29, 0.717) is 11.6 Å². The van der Waals surface area contributed by atoms with Crippen molar-refractivity contribution in [1.82, 2.24) is 4.57 Å². The molecule has 0 bridgehead atoms. The van der Waals surface area contributed by atoms with Crippen LogP contribution in [0.4, 0.5) is 11.4 Å². The third-order valence-electron chi connectivity index (χ3n) is 3.03. The lowest BCUT2D eigenvalue weighted by Gasteiger charge is -2.06. The minimum absolute atomic E-state index is 0.111. The highest BCUT2D eigenvalue weighted by Gasteiger charge is 2.17. The second kappa shape index (κ2) is 6.41. The molecule has 0 fully saturated rings. The first-order valence-corrected chi connectivity index (χ1v) is 6.81. The largest absolute Gasteiger partial charge is 0.340 e. The second-order valence-electron chi connectivity index (χ2n) is 4.54. The number of nitrogens with zero attached hydrogens (tertiary/aromatic N) is 2. The molecule has 21 heavy (non-hydrogen) atoms. The number of benzene rings is 1. The molecule has 1 aromatic carbocycles. The Hall–Kier alpha value is -2.34. The summed E-state index contributed by atoms with van der Waals surface area (Å²) in [6.07, 6.45) is 2.07. The summed E-state index contributed by atoms with van der Waals surface area (Å²) in [6, 6.07) is 8.56. The van der Waals surface area contributed by atoms with Crippen molar-refractivity contribution >= 4 is 28.9 Å². The molecule has 1 aromatic heterocycles. The molecular weight excluding hydrogens is 294 g/mol. The van der Waals surface area contributed by atoms with Gasteiger partial charge in [-0.15, -0.1) is 11.6 Å². The lowest BCUT2D eigenvalue weighted by atomic mass is 10.1. The molecule has 1 amide bonds. The van der Waals surface area contributed by atoms with Crippen molar-refractivity contribution in [1.29, 1.82) is 0 Å². The van der Waals surface area contributed by atoms with Gasteiger partial charge in [0.05, 0.1) is 11.1 Å². The van der Waals surface area contributed by atoms with Gasteiger partial charge in [-0.3, -0.25) is 14.9 Å². The standard InChI is InChI=1S/C14H14ClN3O3/c1-17-9-12(18(20)21)8-13(17)14(19)16-11-4-2-10(3-5-11)6-7-15/h2-5,8-9H,6-7H2,1H3,(H,16,19). The highest BCUT2D eigenvalue weighted by Crippen LogP contribution is 2.17. The molecule has 0 atom stereocenters. The number of anilines is 1. The van der Waals surface area contributed by atoms with E-state index in [9.17, 15) is 14.9 Å². The summed E-state index contributed by atoms with van der Waals surface area (Å²) < 4.78 is 1.43. The number of carbonyl (C=O) groups is 1. The lowest BCUT2D eigenvalue weighted by Crippen LogP contribution is -2.15. The maximum Gasteiger partial charge on any atom is 0.287 e. The van der Waals surface area contributed by atoms with Gasteiger partial charge in [0.1, 0.15) is 5.69 Å². The molecule has 0 aliphatic rings. The summed E-state index contributed by atoms with van der Waals surface area (Å²) in [5.74, 6) is 0.148. The summed E-state index contributed by atoms with van der Waals surface area (Å²) in [4.78, 5) is 22.3. The fraction of sp³-hybridized carbons (Fsp3) is 0.214. The maximum absolute atomic E-state index is 12.1. The van der Waals surface area contributed by atoms with E-state index in [1.165, 1.54) is 16.8 Å². The minimum atomic E-state index is -0.530. The molecule has 0 radical (unpaired) electrons. The van der Waals surface area contributed by atoms with Crippen LogP contribution in [-0.2, 0) is 13.5 Å². The van der Waals surface area contributed by atoms with Crippen LogP contribution in [0, 0.1) is 10.1 Å².